The largest absolute Gasteiger partial charge is 0.152 e. The molecule has 1 heteroatoms. The van der Waals surface area contributed by atoms with Gasteiger partial charge in [0, 0.05) is 5.92 Å². The topological polar surface area (TPSA) is 0 Å². The molecule has 0 saturated heterocycles. The van der Waals surface area contributed by atoms with Crippen molar-refractivity contribution in [3.8, 4) is 12.3 Å². The predicted octanol–water partition coefficient (Wildman–Crippen LogP) is 2.56. The molecule has 1 aromatic rings. The third-order valence-corrected chi connectivity index (χ3v) is 2.14. The molecule has 0 aliphatic heterocycles. The van der Waals surface area contributed by atoms with Gasteiger partial charge in [0.15, 0.2) is 0 Å². The molecule has 0 bridgehead atoms. The Labute approximate surface area is 65.9 Å². The van der Waals surface area contributed by atoms with Gasteiger partial charge in [0.25, 0.3) is 0 Å². The summed E-state index contributed by atoms with van der Waals surface area (Å²) in [5, 5.41) is 4.23. The normalized spacial score (nSPS) is 12.4. The van der Waals surface area contributed by atoms with Gasteiger partial charge in [-0.1, -0.05) is 6.92 Å². The van der Waals surface area contributed by atoms with E-state index in [0.717, 1.165) is 6.42 Å². The van der Waals surface area contributed by atoms with Crippen LogP contribution in [0.25, 0.3) is 0 Å². The Bertz CT molecular complexity index is 215. The van der Waals surface area contributed by atoms with Crippen LogP contribution in [0.3, 0.4) is 0 Å². The van der Waals surface area contributed by atoms with Crippen LogP contribution in [0.4, 0.5) is 0 Å². The van der Waals surface area contributed by atoms with E-state index in [4.69, 9.17) is 6.42 Å². The fourth-order valence-electron chi connectivity index (χ4n) is 0.821. The summed E-state index contributed by atoms with van der Waals surface area (Å²) in [7, 11) is 0. The second kappa shape index (κ2) is 3.43. The first kappa shape index (κ1) is 7.37. The van der Waals surface area contributed by atoms with E-state index in [2.05, 4.69) is 29.7 Å². The summed E-state index contributed by atoms with van der Waals surface area (Å²) < 4.78 is 0. The van der Waals surface area contributed by atoms with E-state index in [0.29, 0.717) is 5.92 Å². The number of hydrogen-bond acceptors (Lipinski definition) is 1. The monoisotopic (exact) mass is 150 g/mol. The maximum Gasteiger partial charge on any atom is 0.0212 e. The van der Waals surface area contributed by atoms with Gasteiger partial charge in [-0.15, -0.1) is 12.3 Å². The highest BCUT2D eigenvalue weighted by Gasteiger charge is 1.98. The Hall–Kier alpha value is -0.740. The van der Waals surface area contributed by atoms with Gasteiger partial charge in [-0.25, -0.2) is 0 Å². The van der Waals surface area contributed by atoms with Crippen molar-refractivity contribution in [2.75, 3.05) is 0 Å². The van der Waals surface area contributed by atoms with E-state index >= 15 is 0 Å². The van der Waals surface area contributed by atoms with E-state index in [-0.39, 0.29) is 0 Å². The smallest absolute Gasteiger partial charge is 0.0212 e. The summed E-state index contributed by atoms with van der Waals surface area (Å²) in [6, 6.07) is 2.12. The number of thiophene rings is 1. The lowest BCUT2D eigenvalue weighted by Crippen LogP contribution is -1.93. The Morgan fingerprint density at radius 2 is 2.60 bits per heavy atom. The van der Waals surface area contributed by atoms with Crippen molar-refractivity contribution in [3.63, 3.8) is 0 Å². The first-order valence-electron chi connectivity index (χ1n) is 3.30. The molecule has 52 valence electrons. The van der Waals surface area contributed by atoms with Crippen LogP contribution < -0.4 is 0 Å². The molecule has 0 saturated carbocycles. The fourth-order valence-corrected chi connectivity index (χ4v) is 1.50. The van der Waals surface area contributed by atoms with Gasteiger partial charge in [0.05, 0.1) is 0 Å². The molecule has 1 atom stereocenters. The summed E-state index contributed by atoms with van der Waals surface area (Å²) >= 11 is 1.72. The average Bonchev–Trinajstić information content (AvgIpc) is 2.40. The van der Waals surface area contributed by atoms with Crippen LogP contribution in [0.1, 0.15) is 12.5 Å². The molecule has 1 aromatic heterocycles. The lowest BCUT2D eigenvalue weighted by atomic mass is 10.1. The minimum Gasteiger partial charge on any atom is -0.152 e. The Morgan fingerprint density at radius 3 is 3.10 bits per heavy atom. The lowest BCUT2D eigenvalue weighted by Gasteiger charge is -1.98. The van der Waals surface area contributed by atoms with Gasteiger partial charge >= 0.3 is 0 Å². The highest BCUT2D eigenvalue weighted by molar-refractivity contribution is 7.07. The van der Waals surface area contributed by atoms with Crippen molar-refractivity contribution in [2.45, 2.75) is 13.3 Å². The quantitative estimate of drug-likeness (QED) is 0.568. The van der Waals surface area contributed by atoms with E-state index in [9.17, 15) is 0 Å². The van der Waals surface area contributed by atoms with Gasteiger partial charge in [0.2, 0.25) is 0 Å². The minimum absolute atomic E-state index is 0.370. The third kappa shape index (κ3) is 1.89. The summed E-state index contributed by atoms with van der Waals surface area (Å²) in [6.07, 6.45) is 6.26. The second-order valence-electron chi connectivity index (χ2n) is 2.40. The molecule has 0 spiro atoms. The molecule has 0 fully saturated rings. The highest BCUT2D eigenvalue weighted by atomic mass is 32.1. The second-order valence-corrected chi connectivity index (χ2v) is 3.18. The fraction of sp³-hybridized carbons (Fsp3) is 0.333. The molecule has 0 N–H and O–H groups in total. The number of rotatable bonds is 2. The van der Waals surface area contributed by atoms with E-state index < -0.39 is 0 Å². The molecule has 0 radical (unpaired) electrons. The van der Waals surface area contributed by atoms with Crippen LogP contribution in [-0.4, -0.2) is 0 Å². The van der Waals surface area contributed by atoms with Crippen LogP contribution in [0.15, 0.2) is 16.8 Å². The van der Waals surface area contributed by atoms with Crippen LogP contribution in [-0.2, 0) is 6.42 Å². The van der Waals surface area contributed by atoms with E-state index in [1.165, 1.54) is 5.56 Å². The summed E-state index contributed by atoms with van der Waals surface area (Å²) in [4.78, 5) is 0. The molecule has 1 rings (SSSR count). The summed E-state index contributed by atoms with van der Waals surface area (Å²) in [5.74, 6) is 3.08. The Morgan fingerprint density at radius 1 is 1.80 bits per heavy atom. The zero-order valence-corrected chi connectivity index (χ0v) is 6.82. The number of hydrogen-bond donors (Lipinski definition) is 0. The summed E-state index contributed by atoms with van der Waals surface area (Å²) in [6.45, 7) is 2.07. The third-order valence-electron chi connectivity index (χ3n) is 1.41. The zero-order chi connectivity index (χ0) is 7.40. The molecule has 0 aliphatic rings. The first-order chi connectivity index (χ1) is 4.83. The lowest BCUT2D eigenvalue weighted by molar-refractivity contribution is 0.753. The van der Waals surface area contributed by atoms with Crippen molar-refractivity contribution in [3.05, 3.63) is 22.4 Å². The van der Waals surface area contributed by atoms with Crippen molar-refractivity contribution < 1.29 is 0 Å². The first-order valence-corrected chi connectivity index (χ1v) is 4.24. The minimum atomic E-state index is 0.370. The van der Waals surface area contributed by atoms with Crippen molar-refractivity contribution >= 4 is 11.3 Å². The Kier molecular flexibility index (Phi) is 2.53. The van der Waals surface area contributed by atoms with Crippen LogP contribution in [0.2, 0.25) is 0 Å². The standard InChI is InChI=1S/C9H10S/c1-3-8(2)6-9-4-5-10-7-9/h1,4-5,7-8H,6H2,2H3. The molecule has 0 aromatic carbocycles. The maximum absolute atomic E-state index is 5.24. The van der Waals surface area contributed by atoms with Crippen molar-refractivity contribution in [2.24, 2.45) is 5.92 Å². The molecule has 0 nitrogen and oxygen atoms in total. The van der Waals surface area contributed by atoms with Crippen LogP contribution in [0.5, 0.6) is 0 Å². The molecule has 0 amide bonds. The molecule has 1 heterocycles. The molecular formula is C9H10S. The number of terminal acetylenes is 1. The maximum atomic E-state index is 5.24. The molecule has 10 heavy (non-hydrogen) atoms. The molecule has 0 aliphatic carbocycles. The predicted molar refractivity (Wildman–Crippen MR) is 46.0 cm³/mol. The van der Waals surface area contributed by atoms with E-state index in [1.54, 1.807) is 11.3 Å². The SMILES string of the molecule is C#CC(C)Cc1ccsc1. The zero-order valence-electron chi connectivity index (χ0n) is 6.00. The van der Waals surface area contributed by atoms with Gasteiger partial charge in [-0.2, -0.15) is 11.3 Å². The summed E-state index contributed by atoms with van der Waals surface area (Å²) in [5.41, 5.74) is 1.36. The van der Waals surface area contributed by atoms with Gasteiger partial charge < -0.3 is 0 Å². The van der Waals surface area contributed by atoms with Gasteiger partial charge in [0.1, 0.15) is 0 Å². The van der Waals surface area contributed by atoms with Crippen LogP contribution in [0, 0.1) is 18.3 Å². The van der Waals surface area contributed by atoms with E-state index in [1.807, 2.05) is 0 Å². The van der Waals surface area contributed by atoms with Crippen LogP contribution >= 0.6 is 11.3 Å². The average molecular weight is 150 g/mol. The molecule has 1 unspecified atom stereocenters. The van der Waals surface area contributed by atoms with Crippen molar-refractivity contribution in [1.82, 2.24) is 0 Å². The molecular weight excluding hydrogens is 140 g/mol. The van der Waals surface area contributed by atoms with Gasteiger partial charge in [-0.05, 0) is 28.8 Å². The van der Waals surface area contributed by atoms with Gasteiger partial charge in [-0.3, -0.25) is 0 Å². The Balaban J connectivity index is 2.50. The van der Waals surface area contributed by atoms with Crippen molar-refractivity contribution in [1.29, 1.82) is 0 Å². The highest BCUT2D eigenvalue weighted by Crippen LogP contribution is 2.10.